The zero-order valence-electron chi connectivity index (χ0n) is 14.3. The van der Waals surface area contributed by atoms with Crippen molar-refractivity contribution in [2.75, 3.05) is 12.3 Å². The van der Waals surface area contributed by atoms with E-state index in [0.717, 1.165) is 0 Å². The lowest BCUT2D eigenvalue weighted by Crippen LogP contribution is -2.25. The van der Waals surface area contributed by atoms with Crippen LogP contribution in [-0.2, 0) is 10.2 Å². The van der Waals surface area contributed by atoms with Crippen LogP contribution >= 0.6 is 11.3 Å². The molecule has 1 heterocycles. The lowest BCUT2D eigenvalue weighted by atomic mass is 9.87. The second kappa shape index (κ2) is 7.44. The summed E-state index contributed by atoms with van der Waals surface area (Å²) < 4.78 is 5.46. The highest BCUT2D eigenvalue weighted by Crippen LogP contribution is 2.24. The number of hydrogen-bond acceptors (Lipinski definition) is 6. The Kier molecular flexibility index (Phi) is 5.56. The second-order valence-electron chi connectivity index (χ2n) is 6.37. The molecule has 3 N–H and O–H groups in total. The van der Waals surface area contributed by atoms with Crippen LogP contribution in [0.5, 0.6) is 5.75 Å². The van der Waals surface area contributed by atoms with Crippen LogP contribution < -0.4 is 15.9 Å². The minimum absolute atomic E-state index is 0.0846. The Balaban J connectivity index is 1.85. The molecular weight excluding hydrogens is 324 g/mol. The molecule has 6 nitrogen and oxygen atoms in total. The van der Waals surface area contributed by atoms with Crippen molar-refractivity contribution in [2.45, 2.75) is 33.1 Å². The van der Waals surface area contributed by atoms with Crippen molar-refractivity contribution in [3.05, 3.63) is 40.9 Å². The highest BCUT2D eigenvalue weighted by molar-refractivity contribution is 7.13. The molecule has 2 rings (SSSR count). The van der Waals surface area contributed by atoms with Gasteiger partial charge in [-0.2, -0.15) is 5.10 Å². The number of amides is 1. The third kappa shape index (κ3) is 5.06. The summed E-state index contributed by atoms with van der Waals surface area (Å²) in [6.07, 6.45) is 0. The Morgan fingerprint density at radius 1 is 1.33 bits per heavy atom. The number of rotatable bonds is 5. The number of thiazole rings is 1. The molecule has 0 fully saturated rings. The maximum atomic E-state index is 11.8. The summed E-state index contributed by atoms with van der Waals surface area (Å²) >= 11 is 1.33. The van der Waals surface area contributed by atoms with Crippen molar-refractivity contribution < 1.29 is 9.53 Å². The number of nitrogens with zero attached hydrogens (tertiary/aromatic N) is 2. The van der Waals surface area contributed by atoms with Gasteiger partial charge in [-0.1, -0.05) is 32.9 Å². The molecule has 0 aliphatic carbocycles. The number of aromatic nitrogens is 1. The normalized spacial score (nSPS) is 12.1. The molecule has 0 spiro atoms. The van der Waals surface area contributed by atoms with E-state index in [4.69, 9.17) is 10.5 Å². The van der Waals surface area contributed by atoms with E-state index in [0.29, 0.717) is 22.3 Å². The molecule has 1 aromatic carbocycles. The maximum Gasteiger partial charge on any atom is 0.277 e. The Morgan fingerprint density at radius 3 is 2.54 bits per heavy atom. The van der Waals surface area contributed by atoms with Crippen LogP contribution in [0.4, 0.5) is 5.13 Å². The number of nitrogens with two attached hydrogens (primary N) is 1. The molecule has 0 bridgehead atoms. The van der Waals surface area contributed by atoms with Crippen LogP contribution in [0.15, 0.2) is 34.7 Å². The molecule has 0 saturated heterocycles. The highest BCUT2D eigenvalue weighted by Gasteiger charge is 2.13. The topological polar surface area (TPSA) is 89.6 Å². The van der Waals surface area contributed by atoms with Crippen molar-refractivity contribution in [2.24, 2.45) is 5.10 Å². The van der Waals surface area contributed by atoms with Crippen molar-refractivity contribution in [3.63, 3.8) is 0 Å². The van der Waals surface area contributed by atoms with E-state index in [1.54, 1.807) is 12.3 Å². The molecule has 128 valence electrons. The van der Waals surface area contributed by atoms with Gasteiger partial charge in [0.2, 0.25) is 0 Å². The van der Waals surface area contributed by atoms with E-state index >= 15 is 0 Å². The predicted octanol–water partition coefficient (Wildman–Crippen LogP) is 2.94. The van der Waals surface area contributed by atoms with Gasteiger partial charge >= 0.3 is 0 Å². The molecule has 2 aromatic rings. The fraction of sp³-hybridized carbons (Fsp3) is 0.353. The first-order valence-corrected chi connectivity index (χ1v) is 8.41. The lowest BCUT2D eigenvalue weighted by molar-refractivity contribution is -0.123. The Labute approximate surface area is 145 Å². The maximum absolute atomic E-state index is 11.8. The van der Waals surface area contributed by atoms with Crippen LogP contribution in [0.3, 0.4) is 0 Å². The van der Waals surface area contributed by atoms with E-state index in [2.05, 4.69) is 36.3 Å². The summed E-state index contributed by atoms with van der Waals surface area (Å²) in [5.74, 6) is 0.309. The third-order valence-electron chi connectivity index (χ3n) is 3.33. The van der Waals surface area contributed by atoms with Gasteiger partial charge < -0.3 is 10.5 Å². The second-order valence-corrected chi connectivity index (χ2v) is 7.26. The summed E-state index contributed by atoms with van der Waals surface area (Å²) in [5.41, 5.74) is 10.5. The molecule has 0 atom stereocenters. The molecule has 0 unspecified atom stereocenters. The van der Waals surface area contributed by atoms with Crippen LogP contribution in [0.2, 0.25) is 0 Å². The molecule has 0 saturated carbocycles. The van der Waals surface area contributed by atoms with Crippen molar-refractivity contribution >= 4 is 28.1 Å². The largest absolute Gasteiger partial charge is 0.484 e. The summed E-state index contributed by atoms with van der Waals surface area (Å²) in [5, 5.41) is 6.24. The van der Waals surface area contributed by atoms with E-state index in [-0.39, 0.29) is 17.9 Å². The van der Waals surface area contributed by atoms with Crippen LogP contribution in [-0.4, -0.2) is 23.2 Å². The number of anilines is 1. The minimum Gasteiger partial charge on any atom is -0.484 e. The van der Waals surface area contributed by atoms with Crippen molar-refractivity contribution in [1.82, 2.24) is 10.4 Å². The molecule has 0 radical (unpaired) electrons. The van der Waals surface area contributed by atoms with Crippen LogP contribution in [0, 0.1) is 0 Å². The van der Waals surface area contributed by atoms with Gasteiger partial charge in [-0.15, -0.1) is 11.3 Å². The summed E-state index contributed by atoms with van der Waals surface area (Å²) in [4.78, 5) is 15.9. The van der Waals surface area contributed by atoms with E-state index in [1.807, 2.05) is 24.3 Å². The SMILES string of the molecule is C/C(=N\NC(=O)COc1ccc(C(C)(C)C)cc1)c1csc(N)n1. The number of nitrogen functional groups attached to an aromatic ring is 1. The zero-order chi connectivity index (χ0) is 17.7. The smallest absolute Gasteiger partial charge is 0.277 e. The zero-order valence-corrected chi connectivity index (χ0v) is 15.1. The number of hydrogen-bond donors (Lipinski definition) is 2. The third-order valence-corrected chi connectivity index (χ3v) is 4.01. The number of nitrogens with one attached hydrogen (secondary N) is 1. The average Bonchev–Trinajstić information content (AvgIpc) is 2.96. The van der Waals surface area contributed by atoms with Gasteiger partial charge in [0.05, 0.1) is 11.4 Å². The Bertz CT molecular complexity index is 730. The number of carbonyl (C=O) groups is 1. The number of hydrazone groups is 1. The van der Waals surface area contributed by atoms with Crippen molar-refractivity contribution in [3.8, 4) is 5.75 Å². The van der Waals surface area contributed by atoms with Gasteiger partial charge in [0.1, 0.15) is 5.75 Å². The van der Waals surface area contributed by atoms with E-state index in [9.17, 15) is 4.79 Å². The van der Waals surface area contributed by atoms with E-state index < -0.39 is 0 Å². The number of benzene rings is 1. The molecule has 0 aliphatic heterocycles. The quantitative estimate of drug-likeness (QED) is 0.643. The molecule has 1 aromatic heterocycles. The molecule has 0 aliphatic rings. The first-order valence-electron chi connectivity index (χ1n) is 7.53. The lowest BCUT2D eigenvalue weighted by Gasteiger charge is -2.19. The standard InChI is InChI=1S/C17H22N4O2S/c1-11(14-10-24-16(18)19-14)20-21-15(22)9-23-13-7-5-12(6-8-13)17(2,3)4/h5-8,10H,9H2,1-4H3,(H2,18,19)(H,21,22)/b20-11+. The van der Waals surface area contributed by atoms with Crippen LogP contribution in [0.1, 0.15) is 39.0 Å². The summed E-state index contributed by atoms with van der Waals surface area (Å²) in [7, 11) is 0. The Hall–Kier alpha value is -2.41. The van der Waals surface area contributed by atoms with Gasteiger partial charge in [-0.25, -0.2) is 10.4 Å². The molecule has 1 amide bonds. The van der Waals surface area contributed by atoms with Gasteiger partial charge in [-0.05, 0) is 30.0 Å². The van der Waals surface area contributed by atoms with E-state index in [1.165, 1.54) is 16.9 Å². The first kappa shape index (κ1) is 17.9. The van der Waals surface area contributed by atoms with Crippen molar-refractivity contribution in [1.29, 1.82) is 0 Å². The summed E-state index contributed by atoms with van der Waals surface area (Å²) in [6, 6.07) is 7.73. The molecule has 24 heavy (non-hydrogen) atoms. The molecule has 7 heteroatoms. The van der Waals surface area contributed by atoms with Gasteiger partial charge in [0.25, 0.3) is 5.91 Å². The van der Waals surface area contributed by atoms with Gasteiger partial charge in [0, 0.05) is 5.38 Å². The monoisotopic (exact) mass is 346 g/mol. The van der Waals surface area contributed by atoms with Crippen LogP contribution in [0.25, 0.3) is 0 Å². The average molecular weight is 346 g/mol. The summed E-state index contributed by atoms with van der Waals surface area (Å²) in [6.45, 7) is 8.08. The predicted molar refractivity (Wildman–Crippen MR) is 97.5 cm³/mol. The fourth-order valence-corrected chi connectivity index (χ4v) is 2.50. The minimum atomic E-state index is -0.336. The first-order chi connectivity index (χ1) is 11.3. The van der Waals surface area contributed by atoms with Gasteiger partial charge in [-0.3, -0.25) is 4.79 Å². The number of carbonyl (C=O) groups excluding carboxylic acids is 1. The number of ether oxygens (including phenoxy) is 1. The fourth-order valence-electron chi connectivity index (χ4n) is 1.89. The Morgan fingerprint density at radius 2 is 2.00 bits per heavy atom. The molecular formula is C17H22N4O2S. The highest BCUT2D eigenvalue weighted by atomic mass is 32.1. The van der Waals surface area contributed by atoms with Gasteiger partial charge in [0.15, 0.2) is 11.7 Å².